The molecule has 5 rings (SSSR count). The Hall–Kier alpha value is -3.78. The summed E-state index contributed by atoms with van der Waals surface area (Å²) in [6.45, 7) is 0.0141. The van der Waals surface area contributed by atoms with Crippen LogP contribution in [-0.4, -0.2) is 58.6 Å². The fourth-order valence-electron chi connectivity index (χ4n) is 4.96. The Balaban J connectivity index is 1.34. The molecule has 34 heavy (non-hydrogen) atoms. The second-order valence-corrected chi connectivity index (χ2v) is 8.59. The third-order valence-electron chi connectivity index (χ3n) is 6.59. The number of fused-ring (bicyclic) bond motifs is 1. The number of rotatable bonds is 4. The van der Waals surface area contributed by atoms with Crippen molar-refractivity contribution in [1.29, 1.82) is 0 Å². The molecule has 2 aliphatic heterocycles. The van der Waals surface area contributed by atoms with Crippen LogP contribution in [-0.2, 0) is 4.79 Å². The summed E-state index contributed by atoms with van der Waals surface area (Å²) >= 11 is 0. The average Bonchev–Trinajstić information content (AvgIpc) is 2.81. The minimum Gasteiger partial charge on any atom is -0.394 e. The van der Waals surface area contributed by atoms with Crippen LogP contribution in [0.3, 0.4) is 0 Å². The molecular weight excluding hydrogens is 440 g/mol. The van der Waals surface area contributed by atoms with E-state index in [1.807, 2.05) is 24.3 Å². The van der Waals surface area contributed by atoms with Gasteiger partial charge < -0.3 is 20.2 Å². The van der Waals surface area contributed by atoms with Crippen LogP contribution in [0.2, 0.25) is 0 Å². The molecule has 0 saturated carbocycles. The summed E-state index contributed by atoms with van der Waals surface area (Å²) < 4.78 is 26.7. The molecule has 2 N–H and O–H groups in total. The lowest BCUT2D eigenvalue weighted by atomic mass is 9.73. The predicted molar refractivity (Wildman–Crippen MR) is 123 cm³/mol. The van der Waals surface area contributed by atoms with E-state index in [4.69, 9.17) is 0 Å². The molecule has 2 fully saturated rings. The number of halogens is 2. The molecule has 0 unspecified atom stereocenters. The Morgan fingerprint density at radius 2 is 1.65 bits per heavy atom. The van der Waals surface area contributed by atoms with E-state index in [-0.39, 0.29) is 42.9 Å². The van der Waals surface area contributed by atoms with Crippen LogP contribution < -0.4 is 5.32 Å². The number of nitrogens with one attached hydrogen (secondary N) is 1. The SMILES string of the molecule is O=C(Nc1cccc(F)c1)N1CC(=O)N2[C@H](C1)[C@@H](c1ccc(-c3ccc(F)cc3)cc1)[C@@H]2CO. The summed E-state index contributed by atoms with van der Waals surface area (Å²) in [6.07, 6.45) is 0. The first-order chi connectivity index (χ1) is 16.4. The molecule has 174 valence electrons. The van der Waals surface area contributed by atoms with E-state index in [0.717, 1.165) is 16.7 Å². The van der Waals surface area contributed by atoms with Crippen molar-refractivity contribution in [2.45, 2.75) is 18.0 Å². The van der Waals surface area contributed by atoms with Crippen LogP contribution >= 0.6 is 0 Å². The van der Waals surface area contributed by atoms with Gasteiger partial charge in [0.25, 0.3) is 0 Å². The summed E-state index contributed by atoms with van der Waals surface area (Å²) in [7, 11) is 0. The van der Waals surface area contributed by atoms with Crippen molar-refractivity contribution in [2.24, 2.45) is 0 Å². The van der Waals surface area contributed by atoms with Crippen LogP contribution in [0.5, 0.6) is 0 Å². The molecule has 3 aromatic carbocycles. The largest absolute Gasteiger partial charge is 0.394 e. The summed E-state index contributed by atoms with van der Waals surface area (Å²) in [5.74, 6) is -1.13. The van der Waals surface area contributed by atoms with Crippen LogP contribution in [0, 0.1) is 11.6 Å². The van der Waals surface area contributed by atoms with Gasteiger partial charge >= 0.3 is 6.03 Å². The van der Waals surface area contributed by atoms with Gasteiger partial charge in [0.2, 0.25) is 5.91 Å². The van der Waals surface area contributed by atoms with Gasteiger partial charge in [0.05, 0.1) is 18.7 Å². The molecule has 2 aliphatic rings. The van der Waals surface area contributed by atoms with Crippen LogP contribution in [0.1, 0.15) is 11.5 Å². The summed E-state index contributed by atoms with van der Waals surface area (Å²) in [5, 5.41) is 12.6. The zero-order valence-corrected chi connectivity index (χ0v) is 18.2. The van der Waals surface area contributed by atoms with E-state index in [9.17, 15) is 23.5 Å². The van der Waals surface area contributed by atoms with Gasteiger partial charge in [0.1, 0.15) is 18.2 Å². The highest BCUT2D eigenvalue weighted by atomic mass is 19.1. The number of aliphatic hydroxyl groups excluding tert-OH is 1. The van der Waals surface area contributed by atoms with Gasteiger partial charge in [-0.2, -0.15) is 0 Å². The van der Waals surface area contributed by atoms with Gasteiger partial charge in [-0.1, -0.05) is 42.5 Å². The molecule has 6 nitrogen and oxygen atoms in total. The normalized spacial score (nSPS) is 21.6. The Morgan fingerprint density at radius 3 is 2.29 bits per heavy atom. The van der Waals surface area contributed by atoms with Gasteiger partial charge in [-0.15, -0.1) is 0 Å². The summed E-state index contributed by atoms with van der Waals surface area (Å²) in [5.41, 5.74) is 3.08. The second kappa shape index (κ2) is 8.87. The van der Waals surface area contributed by atoms with Gasteiger partial charge in [0.15, 0.2) is 0 Å². The van der Waals surface area contributed by atoms with Crippen LogP contribution in [0.25, 0.3) is 11.1 Å². The lowest BCUT2D eigenvalue weighted by Gasteiger charge is -2.58. The fraction of sp³-hybridized carbons (Fsp3) is 0.231. The number of anilines is 1. The van der Waals surface area contributed by atoms with Crippen molar-refractivity contribution in [2.75, 3.05) is 25.0 Å². The minimum absolute atomic E-state index is 0.107. The number of hydrogen-bond donors (Lipinski definition) is 2. The van der Waals surface area contributed by atoms with Crippen molar-refractivity contribution >= 4 is 17.6 Å². The topological polar surface area (TPSA) is 72.9 Å². The molecule has 0 aliphatic carbocycles. The molecule has 0 radical (unpaired) electrons. The Morgan fingerprint density at radius 1 is 0.971 bits per heavy atom. The zero-order valence-electron chi connectivity index (χ0n) is 18.2. The molecule has 2 heterocycles. The maximum Gasteiger partial charge on any atom is 0.322 e. The maximum absolute atomic E-state index is 13.5. The van der Waals surface area contributed by atoms with E-state index in [1.165, 1.54) is 35.2 Å². The number of amides is 3. The molecule has 0 spiro atoms. The number of aliphatic hydroxyl groups is 1. The number of urea groups is 1. The smallest absolute Gasteiger partial charge is 0.322 e. The number of carbonyl (C=O) groups excluding carboxylic acids is 2. The number of nitrogens with zero attached hydrogens (tertiary/aromatic N) is 2. The monoisotopic (exact) mass is 463 g/mol. The van der Waals surface area contributed by atoms with Gasteiger partial charge in [-0.05, 0) is 47.0 Å². The lowest BCUT2D eigenvalue weighted by molar-refractivity contribution is -0.159. The average molecular weight is 463 g/mol. The molecule has 2 saturated heterocycles. The third kappa shape index (κ3) is 4.01. The third-order valence-corrected chi connectivity index (χ3v) is 6.59. The highest BCUT2D eigenvalue weighted by Gasteiger charge is 2.54. The zero-order chi connectivity index (χ0) is 23.8. The van der Waals surface area contributed by atoms with E-state index in [2.05, 4.69) is 5.32 Å². The minimum atomic E-state index is -0.476. The standard InChI is InChI=1S/C26H23F2N3O3/c27-19-10-8-17(9-11-19)16-4-6-18(7-5-16)25-22-13-30(14-24(33)31(22)23(25)15-32)26(34)29-21-3-1-2-20(28)12-21/h1-12,22-23,25,32H,13-15H2,(H,29,34)/t22-,23+,25-/m1/s1. The maximum atomic E-state index is 13.5. The molecule has 8 heteroatoms. The Kier molecular flexibility index (Phi) is 5.75. The van der Waals surface area contributed by atoms with E-state index < -0.39 is 11.8 Å². The van der Waals surface area contributed by atoms with Crippen LogP contribution in [0.4, 0.5) is 19.3 Å². The van der Waals surface area contributed by atoms with Gasteiger partial charge in [-0.25, -0.2) is 13.6 Å². The summed E-state index contributed by atoms with van der Waals surface area (Å²) in [4.78, 5) is 28.6. The van der Waals surface area contributed by atoms with Gasteiger partial charge in [-0.3, -0.25) is 4.79 Å². The van der Waals surface area contributed by atoms with E-state index >= 15 is 0 Å². The first kappa shape index (κ1) is 22.0. The highest BCUT2D eigenvalue weighted by Crippen LogP contribution is 2.43. The molecule has 3 aromatic rings. The molecule has 3 atom stereocenters. The van der Waals surface area contributed by atoms with Crippen LogP contribution in [0.15, 0.2) is 72.8 Å². The lowest BCUT2D eigenvalue weighted by Crippen LogP contribution is -2.73. The van der Waals surface area contributed by atoms with E-state index in [1.54, 1.807) is 23.1 Å². The van der Waals surface area contributed by atoms with Crippen molar-refractivity contribution in [3.8, 4) is 11.1 Å². The van der Waals surface area contributed by atoms with Crippen molar-refractivity contribution in [1.82, 2.24) is 9.80 Å². The number of carbonyl (C=O) groups is 2. The molecule has 3 amide bonds. The highest BCUT2D eigenvalue weighted by molar-refractivity contribution is 5.93. The number of benzene rings is 3. The second-order valence-electron chi connectivity index (χ2n) is 8.59. The molecule has 0 bridgehead atoms. The Bertz CT molecular complexity index is 1220. The Labute approximate surface area is 195 Å². The van der Waals surface area contributed by atoms with Crippen molar-refractivity contribution < 1.29 is 23.5 Å². The van der Waals surface area contributed by atoms with Crippen molar-refractivity contribution in [3.05, 3.63) is 90.0 Å². The number of hydrogen-bond acceptors (Lipinski definition) is 3. The predicted octanol–water partition coefficient (Wildman–Crippen LogP) is 3.83. The van der Waals surface area contributed by atoms with Crippen molar-refractivity contribution in [3.63, 3.8) is 0 Å². The first-order valence-corrected chi connectivity index (χ1v) is 11.0. The molecular formula is C26H23F2N3O3. The number of piperazine rings is 1. The first-order valence-electron chi connectivity index (χ1n) is 11.0. The van der Waals surface area contributed by atoms with E-state index in [0.29, 0.717) is 12.2 Å². The fourth-order valence-corrected chi connectivity index (χ4v) is 4.96. The molecule has 0 aromatic heterocycles. The van der Waals surface area contributed by atoms with Gasteiger partial charge in [0, 0.05) is 18.2 Å². The summed E-state index contributed by atoms with van der Waals surface area (Å²) in [6, 6.07) is 18.5. The quantitative estimate of drug-likeness (QED) is 0.618.